The second-order valence-electron chi connectivity index (χ2n) is 9.70. The number of aryl methyl sites for hydroxylation is 1. The smallest absolute Gasteiger partial charge is 0.390 e. The average molecular weight is 504 g/mol. The van der Waals surface area contributed by atoms with Crippen LogP contribution in [-0.2, 0) is 32.0 Å². The van der Waals surface area contributed by atoms with Crippen LogP contribution in [0.5, 0.6) is 0 Å². The number of hydrogen-bond donors (Lipinski definition) is 1. The van der Waals surface area contributed by atoms with Crippen molar-refractivity contribution in [3.05, 3.63) is 140 Å². The summed E-state index contributed by atoms with van der Waals surface area (Å²) in [5, 5.41) is 10.3. The number of pyridine rings is 1. The number of aliphatic hydroxyl groups excluding tert-OH is 1. The molecule has 5 rings (SSSR count). The van der Waals surface area contributed by atoms with Crippen LogP contribution < -0.4 is 5.56 Å². The van der Waals surface area contributed by atoms with E-state index in [1.165, 1.54) is 17.7 Å². The van der Waals surface area contributed by atoms with Gasteiger partial charge in [0.05, 0.1) is 18.2 Å². The van der Waals surface area contributed by atoms with Gasteiger partial charge >= 0.3 is 6.18 Å². The highest BCUT2D eigenvalue weighted by atomic mass is 19.4. The van der Waals surface area contributed by atoms with Gasteiger partial charge < -0.3 is 5.11 Å². The molecule has 4 aromatic rings. The SMILES string of the molecule is O=c1c2c(cc(CO)n1C(c1ccccc1)c1ccc(C(F)(F)F)cc1)CCC(Cc1ccccc1)C2. The van der Waals surface area contributed by atoms with Crippen LogP contribution in [0.1, 0.15) is 51.5 Å². The van der Waals surface area contributed by atoms with Gasteiger partial charge in [-0.3, -0.25) is 9.36 Å². The average Bonchev–Trinajstić information content (AvgIpc) is 2.91. The summed E-state index contributed by atoms with van der Waals surface area (Å²) in [7, 11) is 0. The molecule has 0 aliphatic heterocycles. The lowest BCUT2D eigenvalue weighted by Gasteiger charge is -2.29. The van der Waals surface area contributed by atoms with Gasteiger partial charge in [-0.05, 0) is 72.1 Å². The molecule has 3 nitrogen and oxygen atoms in total. The monoisotopic (exact) mass is 503 g/mol. The first-order valence-electron chi connectivity index (χ1n) is 12.5. The third-order valence-electron chi connectivity index (χ3n) is 7.29. The zero-order chi connectivity index (χ0) is 26.0. The normalized spacial score (nSPS) is 16.3. The molecule has 6 heteroatoms. The molecule has 1 aliphatic carbocycles. The molecule has 1 N–H and O–H groups in total. The number of hydrogen-bond acceptors (Lipinski definition) is 2. The first-order chi connectivity index (χ1) is 17.8. The topological polar surface area (TPSA) is 42.2 Å². The molecule has 0 radical (unpaired) electrons. The van der Waals surface area contributed by atoms with Crippen LogP contribution in [0.25, 0.3) is 0 Å². The van der Waals surface area contributed by atoms with Crippen molar-refractivity contribution in [3.8, 4) is 0 Å². The van der Waals surface area contributed by atoms with Gasteiger partial charge in [-0.25, -0.2) is 0 Å². The van der Waals surface area contributed by atoms with Crippen LogP contribution in [0, 0.1) is 5.92 Å². The highest BCUT2D eigenvalue weighted by molar-refractivity contribution is 5.39. The van der Waals surface area contributed by atoms with Crippen LogP contribution in [0.2, 0.25) is 0 Å². The molecule has 3 aromatic carbocycles. The number of aromatic nitrogens is 1. The molecule has 2 unspecified atom stereocenters. The van der Waals surface area contributed by atoms with Crippen molar-refractivity contribution >= 4 is 0 Å². The summed E-state index contributed by atoms with van der Waals surface area (Å²) in [6, 6.07) is 25.6. The number of fused-ring (bicyclic) bond motifs is 1. The molecule has 2 atom stereocenters. The Morgan fingerprint density at radius 2 is 1.51 bits per heavy atom. The fourth-order valence-electron chi connectivity index (χ4n) is 5.47. The van der Waals surface area contributed by atoms with Crippen molar-refractivity contribution in [1.82, 2.24) is 4.57 Å². The van der Waals surface area contributed by atoms with Gasteiger partial charge in [0.2, 0.25) is 0 Å². The number of benzene rings is 3. The predicted octanol–water partition coefficient (Wildman–Crippen LogP) is 6.34. The van der Waals surface area contributed by atoms with Crippen molar-refractivity contribution in [2.24, 2.45) is 5.92 Å². The molecule has 0 fully saturated rings. The molecule has 0 saturated carbocycles. The van der Waals surface area contributed by atoms with Crippen molar-refractivity contribution in [2.75, 3.05) is 0 Å². The van der Waals surface area contributed by atoms with Gasteiger partial charge in [-0.2, -0.15) is 13.2 Å². The lowest BCUT2D eigenvalue weighted by Crippen LogP contribution is -2.35. The van der Waals surface area contributed by atoms with Crippen molar-refractivity contribution < 1.29 is 18.3 Å². The number of rotatable bonds is 6. The quantitative estimate of drug-likeness (QED) is 0.333. The number of nitrogens with zero attached hydrogens (tertiary/aromatic N) is 1. The van der Waals surface area contributed by atoms with Crippen molar-refractivity contribution in [3.63, 3.8) is 0 Å². The summed E-state index contributed by atoms with van der Waals surface area (Å²) >= 11 is 0. The Labute approximate surface area is 213 Å². The van der Waals surface area contributed by atoms with Crippen LogP contribution >= 0.6 is 0 Å². The maximum Gasteiger partial charge on any atom is 0.416 e. The van der Waals surface area contributed by atoms with E-state index in [1.54, 1.807) is 4.57 Å². The first kappa shape index (κ1) is 25.0. The van der Waals surface area contributed by atoms with Gasteiger partial charge in [-0.1, -0.05) is 72.8 Å². The lowest BCUT2D eigenvalue weighted by molar-refractivity contribution is -0.137. The van der Waals surface area contributed by atoms with E-state index in [2.05, 4.69) is 12.1 Å². The number of halogens is 3. The summed E-state index contributed by atoms with van der Waals surface area (Å²) in [6.07, 6.45) is -1.23. The maximum atomic E-state index is 14.1. The van der Waals surface area contributed by atoms with Crippen LogP contribution in [0.4, 0.5) is 13.2 Å². The minimum Gasteiger partial charge on any atom is -0.390 e. The molecule has 0 amide bonds. The Bertz CT molecular complexity index is 1410. The second kappa shape index (κ2) is 10.4. The molecule has 0 bridgehead atoms. The molecule has 37 heavy (non-hydrogen) atoms. The van der Waals surface area contributed by atoms with E-state index in [9.17, 15) is 23.1 Å². The molecular weight excluding hydrogens is 475 g/mol. The fourth-order valence-corrected chi connectivity index (χ4v) is 5.47. The zero-order valence-electron chi connectivity index (χ0n) is 20.3. The van der Waals surface area contributed by atoms with Crippen molar-refractivity contribution in [1.29, 1.82) is 0 Å². The summed E-state index contributed by atoms with van der Waals surface area (Å²) in [4.78, 5) is 14.1. The summed E-state index contributed by atoms with van der Waals surface area (Å²) in [6.45, 7) is -0.347. The molecule has 1 aromatic heterocycles. The van der Waals surface area contributed by atoms with Gasteiger partial charge in [0, 0.05) is 11.3 Å². The van der Waals surface area contributed by atoms with Gasteiger partial charge in [0.1, 0.15) is 0 Å². The second-order valence-corrected chi connectivity index (χ2v) is 9.70. The molecule has 1 aliphatic rings. The van der Waals surface area contributed by atoms with E-state index in [0.717, 1.165) is 48.1 Å². The van der Waals surface area contributed by atoms with Crippen LogP contribution in [-0.4, -0.2) is 9.67 Å². The Kier molecular flexibility index (Phi) is 7.02. The van der Waals surface area contributed by atoms with Gasteiger partial charge in [0.15, 0.2) is 0 Å². The Hall–Kier alpha value is -3.64. The third-order valence-corrected chi connectivity index (χ3v) is 7.29. The van der Waals surface area contributed by atoms with E-state index >= 15 is 0 Å². The number of alkyl halides is 3. The van der Waals surface area contributed by atoms with Gasteiger partial charge in [0.25, 0.3) is 5.56 Å². The lowest BCUT2D eigenvalue weighted by atomic mass is 9.81. The molecule has 0 saturated heterocycles. The van der Waals surface area contributed by atoms with Crippen LogP contribution in [0.3, 0.4) is 0 Å². The van der Waals surface area contributed by atoms with E-state index in [-0.39, 0.29) is 12.2 Å². The summed E-state index contributed by atoms with van der Waals surface area (Å²) in [5.74, 6) is 0.317. The summed E-state index contributed by atoms with van der Waals surface area (Å²) in [5.41, 5.74) is 3.75. The summed E-state index contributed by atoms with van der Waals surface area (Å²) < 4.78 is 41.3. The Balaban J connectivity index is 1.60. The first-order valence-corrected chi connectivity index (χ1v) is 12.5. The number of aliphatic hydroxyl groups is 1. The largest absolute Gasteiger partial charge is 0.416 e. The van der Waals surface area contributed by atoms with Crippen molar-refractivity contribution in [2.45, 2.75) is 44.5 Å². The minimum atomic E-state index is -4.45. The van der Waals surface area contributed by atoms with E-state index < -0.39 is 17.8 Å². The minimum absolute atomic E-state index is 0.187. The Morgan fingerprint density at radius 1 is 0.892 bits per heavy atom. The highest BCUT2D eigenvalue weighted by Gasteiger charge is 2.31. The molecule has 1 heterocycles. The van der Waals surface area contributed by atoms with Crippen LogP contribution in [0.15, 0.2) is 95.8 Å². The van der Waals surface area contributed by atoms with E-state index in [1.807, 2.05) is 54.6 Å². The predicted molar refractivity (Wildman–Crippen MR) is 137 cm³/mol. The standard InChI is InChI=1S/C31H28F3NO2/c32-31(33,34)26-15-13-24(14-16-26)29(23-9-5-2-6-10-23)35-27(20-36)19-25-12-11-22(18-28(25)30(35)37)17-21-7-3-1-4-8-21/h1-10,13-16,19,22,29,36H,11-12,17-18,20H2. The van der Waals surface area contributed by atoms with Gasteiger partial charge in [-0.15, -0.1) is 0 Å². The fraction of sp³-hybridized carbons (Fsp3) is 0.258. The zero-order valence-corrected chi connectivity index (χ0v) is 20.3. The Morgan fingerprint density at radius 3 is 2.14 bits per heavy atom. The van der Waals surface area contributed by atoms with E-state index in [0.29, 0.717) is 23.6 Å². The maximum absolute atomic E-state index is 14.1. The third kappa shape index (κ3) is 5.25. The highest BCUT2D eigenvalue weighted by Crippen LogP contribution is 2.34. The molecular formula is C31H28F3NO2. The molecule has 0 spiro atoms. The van der Waals surface area contributed by atoms with E-state index in [4.69, 9.17) is 0 Å². The molecule has 190 valence electrons.